The predicted molar refractivity (Wildman–Crippen MR) is 128 cm³/mol. The molecule has 4 aliphatic rings. The molecule has 0 amide bonds. The molecule has 1 unspecified atom stereocenters. The van der Waals surface area contributed by atoms with Crippen LogP contribution in [0.15, 0.2) is 0 Å². The first-order valence-electron chi connectivity index (χ1n) is 13.5. The summed E-state index contributed by atoms with van der Waals surface area (Å²) in [5.41, 5.74) is 0. The van der Waals surface area contributed by atoms with Crippen LogP contribution in [0, 0.1) is 0 Å². The predicted octanol–water partition coefficient (Wildman–Crippen LogP) is -9.11. The van der Waals surface area contributed by atoms with E-state index < -0.39 is 143 Å². The average Bonchev–Trinajstić information content (AvgIpc) is 2.99. The largest absolute Gasteiger partial charge is 0.394 e. The highest BCUT2D eigenvalue weighted by Crippen LogP contribution is 2.35. The monoisotopic (exact) mass is 636 g/mol. The van der Waals surface area contributed by atoms with Crippen molar-refractivity contribution in [1.82, 2.24) is 0 Å². The second-order valence-electron chi connectivity index (χ2n) is 10.7. The van der Waals surface area contributed by atoms with Crippen LogP contribution in [-0.4, -0.2) is 210 Å². The smallest absolute Gasteiger partial charge is 0.187 e. The second kappa shape index (κ2) is 14.7. The molecule has 0 bridgehead atoms. The summed E-state index contributed by atoms with van der Waals surface area (Å²) >= 11 is 0. The first-order valence-corrected chi connectivity index (χ1v) is 13.5. The van der Waals surface area contributed by atoms with Crippen LogP contribution >= 0.6 is 0 Å². The Hall–Kier alpha value is -0.800. The van der Waals surface area contributed by atoms with E-state index in [9.17, 15) is 66.4 Å². The summed E-state index contributed by atoms with van der Waals surface area (Å²) in [6.07, 6.45) is -33.8. The second-order valence-corrected chi connectivity index (χ2v) is 10.7. The summed E-state index contributed by atoms with van der Waals surface area (Å²) in [4.78, 5) is 0. The Morgan fingerprint density at radius 2 is 0.977 bits per heavy atom. The van der Waals surface area contributed by atoms with E-state index in [0.29, 0.717) is 0 Å². The lowest BCUT2D eigenvalue weighted by atomic mass is 9.95. The molecule has 0 aromatic heterocycles. The molecule has 20 heteroatoms. The van der Waals surface area contributed by atoms with Gasteiger partial charge in [0.2, 0.25) is 0 Å². The molecule has 4 saturated heterocycles. The lowest BCUT2D eigenvalue weighted by Crippen LogP contribution is -2.68. The van der Waals surface area contributed by atoms with Gasteiger partial charge in [0, 0.05) is 0 Å². The maximum Gasteiger partial charge on any atom is 0.187 e. The number of aliphatic hydroxyl groups is 13. The summed E-state index contributed by atoms with van der Waals surface area (Å²) in [5.74, 6) is 0. The lowest BCUT2D eigenvalue weighted by Gasteiger charge is -2.50. The first-order chi connectivity index (χ1) is 20.3. The van der Waals surface area contributed by atoms with Gasteiger partial charge in [-0.2, -0.15) is 0 Å². The Kier molecular flexibility index (Phi) is 12.0. The summed E-state index contributed by atoms with van der Waals surface area (Å²) in [6.45, 7) is -3.11. The highest BCUT2D eigenvalue weighted by molar-refractivity contribution is 4.97. The van der Waals surface area contributed by atoms with Crippen LogP contribution in [0.25, 0.3) is 0 Å². The molecule has 20 nitrogen and oxygen atoms in total. The molecule has 4 fully saturated rings. The molecule has 0 radical (unpaired) electrons. The van der Waals surface area contributed by atoms with Crippen LogP contribution in [0.3, 0.4) is 0 Å². The summed E-state index contributed by atoms with van der Waals surface area (Å²) in [5, 5.41) is 132. The minimum atomic E-state index is -1.99. The molecule has 4 aliphatic heterocycles. The average molecular weight is 637 g/mol. The zero-order chi connectivity index (χ0) is 31.7. The van der Waals surface area contributed by atoms with Gasteiger partial charge in [-0.25, -0.2) is 0 Å². The third kappa shape index (κ3) is 7.13. The van der Waals surface area contributed by atoms with Gasteiger partial charge in [-0.05, 0) is 0 Å². The molecule has 0 aromatic rings. The van der Waals surface area contributed by atoms with E-state index in [1.807, 2.05) is 0 Å². The minimum absolute atomic E-state index is 0.520. The van der Waals surface area contributed by atoms with E-state index in [1.165, 1.54) is 0 Å². The van der Waals surface area contributed by atoms with E-state index in [2.05, 4.69) is 0 Å². The zero-order valence-corrected chi connectivity index (χ0v) is 22.5. The summed E-state index contributed by atoms with van der Waals surface area (Å²) in [7, 11) is 0. The maximum atomic E-state index is 11.1. The third-order valence-corrected chi connectivity index (χ3v) is 7.81. The molecule has 19 atom stereocenters. The van der Waals surface area contributed by atoms with Crippen LogP contribution in [0.5, 0.6) is 0 Å². The van der Waals surface area contributed by atoms with E-state index in [0.717, 1.165) is 0 Å². The SMILES string of the molecule is OC[C@H]1O[C@@H](O[C@H]2[C@H](O[C@@H]3[C@H](O)[C@@H](O)[C@H](O)O[C@@H]3CO)O[C@H](CO)[C@@H](O)[C@@H]2OC2OC[C@@H](O)[C@H](O)[C@H]2O)[C@H](O)[C@@H](O)[C@@H]1O. The van der Waals surface area contributed by atoms with Crippen molar-refractivity contribution in [2.45, 2.75) is 117 Å². The van der Waals surface area contributed by atoms with Crippen molar-refractivity contribution in [3.63, 3.8) is 0 Å². The maximum absolute atomic E-state index is 11.1. The van der Waals surface area contributed by atoms with Gasteiger partial charge in [0.05, 0.1) is 26.4 Å². The van der Waals surface area contributed by atoms with Gasteiger partial charge in [0.25, 0.3) is 0 Å². The molecule has 43 heavy (non-hydrogen) atoms. The van der Waals surface area contributed by atoms with Crippen molar-refractivity contribution in [2.24, 2.45) is 0 Å². The topological polar surface area (TPSA) is 328 Å². The van der Waals surface area contributed by atoms with Crippen LogP contribution in [-0.2, 0) is 33.2 Å². The third-order valence-electron chi connectivity index (χ3n) is 7.81. The molecular formula is C23H40O20. The molecule has 0 aromatic carbocycles. The van der Waals surface area contributed by atoms with Gasteiger partial charge in [-0.15, -0.1) is 0 Å². The van der Waals surface area contributed by atoms with Gasteiger partial charge in [0.1, 0.15) is 91.6 Å². The van der Waals surface area contributed by atoms with E-state index in [-0.39, 0.29) is 0 Å². The Bertz CT molecular complexity index is 867. The van der Waals surface area contributed by atoms with Crippen molar-refractivity contribution in [1.29, 1.82) is 0 Å². The fraction of sp³-hybridized carbons (Fsp3) is 1.00. The fourth-order valence-electron chi connectivity index (χ4n) is 5.23. The van der Waals surface area contributed by atoms with Gasteiger partial charge in [-0.1, -0.05) is 0 Å². The van der Waals surface area contributed by atoms with Crippen molar-refractivity contribution in [3.05, 3.63) is 0 Å². The molecule has 252 valence electrons. The first kappa shape index (κ1) is 35.1. The number of ether oxygens (including phenoxy) is 7. The highest BCUT2D eigenvalue weighted by atomic mass is 16.8. The Labute approximate surface area is 243 Å². The zero-order valence-electron chi connectivity index (χ0n) is 22.5. The van der Waals surface area contributed by atoms with Gasteiger partial charge in [0.15, 0.2) is 25.2 Å². The molecule has 0 aliphatic carbocycles. The normalized spacial score (nSPS) is 53.1. The van der Waals surface area contributed by atoms with Gasteiger partial charge >= 0.3 is 0 Å². The van der Waals surface area contributed by atoms with Crippen molar-refractivity contribution < 1.29 is 99.5 Å². The molecule has 0 spiro atoms. The lowest BCUT2D eigenvalue weighted by molar-refractivity contribution is -0.402. The quantitative estimate of drug-likeness (QED) is 0.112. The summed E-state index contributed by atoms with van der Waals surface area (Å²) in [6, 6.07) is 0. The number of aliphatic hydroxyl groups excluding tert-OH is 13. The van der Waals surface area contributed by atoms with Crippen LogP contribution in [0.4, 0.5) is 0 Å². The molecule has 13 N–H and O–H groups in total. The van der Waals surface area contributed by atoms with Crippen molar-refractivity contribution in [3.8, 4) is 0 Å². The Balaban J connectivity index is 1.68. The molecular weight excluding hydrogens is 596 g/mol. The molecule has 4 rings (SSSR count). The van der Waals surface area contributed by atoms with Crippen LogP contribution in [0.1, 0.15) is 0 Å². The van der Waals surface area contributed by atoms with E-state index >= 15 is 0 Å². The Morgan fingerprint density at radius 1 is 0.442 bits per heavy atom. The summed E-state index contributed by atoms with van der Waals surface area (Å²) < 4.78 is 38.6. The number of hydrogen-bond acceptors (Lipinski definition) is 20. The van der Waals surface area contributed by atoms with E-state index in [1.54, 1.807) is 0 Å². The number of rotatable bonds is 9. The van der Waals surface area contributed by atoms with Gasteiger partial charge in [-0.3, -0.25) is 0 Å². The van der Waals surface area contributed by atoms with Gasteiger partial charge < -0.3 is 99.5 Å². The fourth-order valence-corrected chi connectivity index (χ4v) is 5.23. The molecule has 4 heterocycles. The standard InChI is InChI=1S/C23H40O20/c24-1-6-10(29)12(31)16(35)22(39-6)43-19-18(42-21-15(34)9(28)5(27)4-37-21)11(30)7(2-25)40-23(19)41-17-8(3-26)38-20(36)14(33)13(17)32/h5-36H,1-4H2/t5-,6-,7-,8-,9+,10-,11-,12+,13-,14-,15-,16-,17+,18+,19-,20-,21?,22+,23+/m1/s1. The highest BCUT2D eigenvalue weighted by Gasteiger charge is 2.55. The molecule has 0 saturated carbocycles. The van der Waals surface area contributed by atoms with Crippen molar-refractivity contribution >= 4 is 0 Å². The minimum Gasteiger partial charge on any atom is -0.394 e. The number of hydrogen-bond donors (Lipinski definition) is 13. The van der Waals surface area contributed by atoms with E-state index in [4.69, 9.17) is 33.2 Å². The van der Waals surface area contributed by atoms with Crippen molar-refractivity contribution in [2.75, 3.05) is 26.4 Å². The van der Waals surface area contributed by atoms with Crippen LogP contribution in [0.2, 0.25) is 0 Å². The van der Waals surface area contributed by atoms with Crippen LogP contribution < -0.4 is 0 Å². The Morgan fingerprint density at radius 3 is 1.60 bits per heavy atom.